The lowest BCUT2D eigenvalue weighted by Gasteiger charge is -2.07. The third-order valence-corrected chi connectivity index (χ3v) is 4.67. The Hall–Kier alpha value is -3.29. The molecule has 122 valence electrons. The van der Waals surface area contributed by atoms with E-state index in [9.17, 15) is 4.39 Å². The van der Waals surface area contributed by atoms with E-state index in [0.717, 1.165) is 18.5 Å². The van der Waals surface area contributed by atoms with Crippen LogP contribution in [0.25, 0.3) is 33.7 Å². The number of aromatic nitrogens is 6. The van der Waals surface area contributed by atoms with Crippen LogP contribution in [0.15, 0.2) is 41.4 Å². The summed E-state index contributed by atoms with van der Waals surface area (Å²) in [4.78, 5) is 13.3. The van der Waals surface area contributed by atoms with Gasteiger partial charge in [-0.1, -0.05) is 11.2 Å². The van der Waals surface area contributed by atoms with Crippen molar-refractivity contribution in [1.82, 2.24) is 28.9 Å². The number of fused-ring (bicyclic) bond motifs is 6. The van der Waals surface area contributed by atoms with Crippen LogP contribution in [0.3, 0.4) is 0 Å². The molecule has 0 bridgehead atoms. The third kappa shape index (κ3) is 1.68. The number of hydrogen-bond donors (Lipinski definition) is 0. The van der Waals surface area contributed by atoms with Gasteiger partial charge in [0, 0.05) is 18.3 Å². The SMILES string of the molecule is Fc1cccc2c1c1nccn1c1c(-c3noc(C4CC4)n3)ncn21. The Labute approximate surface area is 139 Å². The summed E-state index contributed by atoms with van der Waals surface area (Å²) >= 11 is 0. The lowest BCUT2D eigenvalue weighted by atomic mass is 10.2. The Bertz CT molecular complexity index is 1280. The maximum Gasteiger partial charge on any atom is 0.230 e. The first kappa shape index (κ1) is 13.1. The van der Waals surface area contributed by atoms with Crippen molar-refractivity contribution >= 4 is 22.2 Å². The minimum atomic E-state index is -0.318. The van der Waals surface area contributed by atoms with E-state index in [4.69, 9.17) is 4.52 Å². The molecule has 7 nitrogen and oxygen atoms in total. The maximum atomic E-state index is 14.4. The van der Waals surface area contributed by atoms with Crippen LogP contribution in [0, 0.1) is 5.82 Å². The third-order valence-electron chi connectivity index (χ3n) is 4.67. The molecule has 0 N–H and O–H groups in total. The Morgan fingerprint density at radius 2 is 2.08 bits per heavy atom. The fourth-order valence-electron chi connectivity index (χ4n) is 3.33. The maximum absolute atomic E-state index is 14.4. The molecule has 0 unspecified atom stereocenters. The first-order valence-electron chi connectivity index (χ1n) is 8.05. The van der Waals surface area contributed by atoms with E-state index >= 15 is 0 Å². The van der Waals surface area contributed by atoms with Gasteiger partial charge >= 0.3 is 0 Å². The summed E-state index contributed by atoms with van der Waals surface area (Å²) in [5.74, 6) is 1.15. The summed E-state index contributed by atoms with van der Waals surface area (Å²) in [5.41, 5.74) is 2.55. The van der Waals surface area contributed by atoms with Crippen molar-refractivity contribution in [2.45, 2.75) is 18.8 Å². The fourth-order valence-corrected chi connectivity index (χ4v) is 3.33. The zero-order valence-electron chi connectivity index (χ0n) is 12.9. The quantitative estimate of drug-likeness (QED) is 0.496. The summed E-state index contributed by atoms with van der Waals surface area (Å²) in [6, 6.07) is 4.95. The average molecular weight is 334 g/mol. The molecular formula is C17H11FN6O. The van der Waals surface area contributed by atoms with E-state index in [-0.39, 0.29) is 5.82 Å². The van der Waals surface area contributed by atoms with Gasteiger partial charge in [0.2, 0.25) is 11.7 Å². The molecule has 25 heavy (non-hydrogen) atoms. The molecule has 5 aromatic rings. The molecule has 1 aliphatic carbocycles. The summed E-state index contributed by atoms with van der Waals surface area (Å²) in [7, 11) is 0. The Morgan fingerprint density at radius 3 is 2.96 bits per heavy atom. The van der Waals surface area contributed by atoms with E-state index < -0.39 is 0 Å². The number of rotatable bonds is 2. The number of imidazole rings is 2. The zero-order valence-corrected chi connectivity index (χ0v) is 12.9. The van der Waals surface area contributed by atoms with Crippen molar-refractivity contribution in [1.29, 1.82) is 0 Å². The standard InChI is InChI=1S/C17H11FN6O/c18-10-2-1-3-11-12(10)15-19-6-7-23(15)17-13(20-8-24(11)17)14-21-16(25-22-14)9-4-5-9/h1-3,6-9H,4-5H2. The lowest BCUT2D eigenvalue weighted by molar-refractivity contribution is 0.380. The molecule has 0 aliphatic heterocycles. The summed E-state index contributed by atoms with van der Waals surface area (Å²) in [5, 5.41) is 4.54. The van der Waals surface area contributed by atoms with Gasteiger partial charge in [-0.3, -0.25) is 8.80 Å². The van der Waals surface area contributed by atoms with Gasteiger partial charge in [-0.25, -0.2) is 14.4 Å². The van der Waals surface area contributed by atoms with Crippen LogP contribution < -0.4 is 0 Å². The van der Waals surface area contributed by atoms with E-state index in [0.29, 0.717) is 39.9 Å². The first-order chi connectivity index (χ1) is 12.3. The van der Waals surface area contributed by atoms with Crippen LogP contribution in [0.2, 0.25) is 0 Å². The highest BCUT2D eigenvalue weighted by molar-refractivity contribution is 5.96. The smallest absolute Gasteiger partial charge is 0.230 e. The van der Waals surface area contributed by atoms with Gasteiger partial charge in [0.15, 0.2) is 17.0 Å². The molecule has 0 radical (unpaired) electrons. The van der Waals surface area contributed by atoms with E-state index in [1.807, 2.05) is 10.5 Å². The molecule has 1 aliphatic rings. The fraction of sp³-hybridized carbons (Fsp3) is 0.176. The van der Waals surface area contributed by atoms with Gasteiger partial charge in [-0.05, 0) is 25.0 Å². The lowest BCUT2D eigenvalue weighted by Crippen LogP contribution is -1.98. The Balaban J connectivity index is 1.74. The normalized spacial score (nSPS) is 14.9. The second kappa shape index (κ2) is 4.41. The molecule has 8 heteroatoms. The predicted octanol–water partition coefficient (Wildman–Crippen LogP) is 3.20. The summed E-state index contributed by atoms with van der Waals surface area (Å²) < 4.78 is 23.4. The molecule has 1 aromatic carbocycles. The molecular weight excluding hydrogens is 323 g/mol. The predicted molar refractivity (Wildman–Crippen MR) is 86.7 cm³/mol. The van der Waals surface area contributed by atoms with Crippen molar-refractivity contribution in [2.24, 2.45) is 0 Å². The molecule has 6 rings (SSSR count). The van der Waals surface area contributed by atoms with E-state index in [2.05, 4.69) is 20.1 Å². The molecule has 0 atom stereocenters. The summed E-state index contributed by atoms with van der Waals surface area (Å²) in [6.07, 6.45) is 7.25. The van der Waals surface area contributed by atoms with Crippen LogP contribution in [-0.2, 0) is 0 Å². The van der Waals surface area contributed by atoms with E-state index in [1.54, 1.807) is 29.2 Å². The van der Waals surface area contributed by atoms with Crippen molar-refractivity contribution < 1.29 is 8.91 Å². The monoisotopic (exact) mass is 334 g/mol. The molecule has 0 amide bonds. The van der Waals surface area contributed by atoms with Crippen molar-refractivity contribution in [3.8, 4) is 11.5 Å². The van der Waals surface area contributed by atoms with Crippen molar-refractivity contribution in [3.05, 3.63) is 48.6 Å². The van der Waals surface area contributed by atoms with Gasteiger partial charge in [0.05, 0.1) is 10.9 Å². The molecule has 4 aromatic heterocycles. The van der Waals surface area contributed by atoms with Crippen molar-refractivity contribution in [2.75, 3.05) is 0 Å². The second-order valence-corrected chi connectivity index (χ2v) is 6.27. The minimum Gasteiger partial charge on any atom is -0.339 e. The minimum absolute atomic E-state index is 0.318. The molecule has 1 saturated carbocycles. The largest absolute Gasteiger partial charge is 0.339 e. The Morgan fingerprint density at radius 1 is 1.16 bits per heavy atom. The molecule has 0 spiro atoms. The highest BCUT2D eigenvalue weighted by atomic mass is 19.1. The van der Waals surface area contributed by atoms with Gasteiger partial charge in [-0.2, -0.15) is 4.98 Å². The summed E-state index contributed by atoms with van der Waals surface area (Å²) in [6.45, 7) is 0. The zero-order chi connectivity index (χ0) is 16.5. The molecule has 0 saturated heterocycles. The average Bonchev–Trinajstić information content (AvgIpc) is 3.03. The highest BCUT2D eigenvalue weighted by Crippen LogP contribution is 2.39. The van der Waals surface area contributed by atoms with E-state index in [1.165, 1.54) is 6.07 Å². The van der Waals surface area contributed by atoms with Crippen LogP contribution in [-0.4, -0.2) is 28.9 Å². The van der Waals surface area contributed by atoms with Gasteiger partial charge in [-0.15, -0.1) is 0 Å². The van der Waals surface area contributed by atoms with Crippen LogP contribution in [0.4, 0.5) is 4.39 Å². The van der Waals surface area contributed by atoms with Gasteiger partial charge in [0.1, 0.15) is 12.1 Å². The second-order valence-electron chi connectivity index (χ2n) is 6.27. The number of benzene rings is 1. The number of hydrogen-bond acceptors (Lipinski definition) is 5. The van der Waals surface area contributed by atoms with Crippen LogP contribution in [0.5, 0.6) is 0 Å². The Kier molecular flexibility index (Phi) is 2.30. The van der Waals surface area contributed by atoms with Crippen LogP contribution >= 0.6 is 0 Å². The number of halogens is 1. The van der Waals surface area contributed by atoms with Gasteiger partial charge < -0.3 is 4.52 Å². The number of nitrogens with zero attached hydrogens (tertiary/aromatic N) is 6. The molecule has 1 fully saturated rings. The van der Waals surface area contributed by atoms with Gasteiger partial charge in [0.25, 0.3) is 0 Å². The topological polar surface area (TPSA) is 73.5 Å². The van der Waals surface area contributed by atoms with Crippen molar-refractivity contribution in [3.63, 3.8) is 0 Å². The van der Waals surface area contributed by atoms with Crippen LogP contribution in [0.1, 0.15) is 24.7 Å². The molecule has 4 heterocycles. The first-order valence-corrected chi connectivity index (χ1v) is 8.05. The highest BCUT2D eigenvalue weighted by Gasteiger charge is 2.30.